The zero-order chi connectivity index (χ0) is 9.47. The Hall–Kier alpha value is -0.810. The smallest absolute Gasteiger partial charge is 0.319 e. The molecule has 2 amide bonds. The van der Waals surface area contributed by atoms with Gasteiger partial charge in [-0.05, 0) is 12.8 Å². The molecule has 2 fully saturated rings. The van der Waals surface area contributed by atoms with Crippen molar-refractivity contribution in [3.63, 3.8) is 0 Å². The molecule has 1 unspecified atom stereocenters. The molecule has 0 aliphatic carbocycles. The number of rotatable bonds is 0. The summed E-state index contributed by atoms with van der Waals surface area (Å²) in [7, 11) is 1.60. The van der Waals surface area contributed by atoms with Crippen molar-refractivity contribution in [3.05, 3.63) is 0 Å². The third-order valence-corrected chi connectivity index (χ3v) is 2.92. The molecule has 0 saturated carbocycles. The van der Waals surface area contributed by atoms with Crippen LogP contribution >= 0.6 is 0 Å². The molecule has 74 valence electrons. The average Bonchev–Trinajstić information content (AvgIpc) is 2.33. The second kappa shape index (κ2) is 2.85. The number of aliphatic hydroxyl groups excluding tert-OH is 1. The first-order chi connectivity index (χ1) is 6.16. The van der Waals surface area contributed by atoms with Crippen LogP contribution < -0.4 is 5.32 Å². The minimum absolute atomic E-state index is 0.200. The van der Waals surface area contributed by atoms with E-state index in [4.69, 9.17) is 4.74 Å². The van der Waals surface area contributed by atoms with Crippen molar-refractivity contribution in [3.8, 4) is 0 Å². The van der Waals surface area contributed by atoms with Crippen LogP contribution in [0.3, 0.4) is 0 Å². The van der Waals surface area contributed by atoms with E-state index in [2.05, 4.69) is 5.32 Å². The summed E-state index contributed by atoms with van der Waals surface area (Å²) in [5.74, 6) is 0. The average molecular weight is 186 g/mol. The molecule has 1 spiro atoms. The molecule has 0 aromatic heterocycles. The largest absolute Gasteiger partial charge is 0.381 e. The van der Waals surface area contributed by atoms with Gasteiger partial charge in [-0.3, -0.25) is 4.90 Å². The number of likely N-dealkylation sites (N-methyl/N-ethyl adjacent to an activating group) is 1. The van der Waals surface area contributed by atoms with Gasteiger partial charge in [0.15, 0.2) is 6.23 Å². The predicted molar refractivity (Wildman–Crippen MR) is 45.1 cm³/mol. The summed E-state index contributed by atoms with van der Waals surface area (Å²) in [5, 5.41) is 12.7. The van der Waals surface area contributed by atoms with Crippen molar-refractivity contribution in [1.29, 1.82) is 0 Å². The van der Waals surface area contributed by atoms with E-state index in [0.717, 1.165) is 0 Å². The second-order valence-electron chi connectivity index (χ2n) is 3.68. The summed E-state index contributed by atoms with van der Waals surface area (Å²) < 4.78 is 5.19. The first-order valence-electron chi connectivity index (χ1n) is 4.46. The van der Waals surface area contributed by atoms with E-state index in [9.17, 15) is 9.90 Å². The maximum absolute atomic E-state index is 11.3. The first kappa shape index (κ1) is 8.77. The van der Waals surface area contributed by atoms with Crippen molar-refractivity contribution in [1.82, 2.24) is 10.2 Å². The number of carbonyl (C=O) groups is 1. The molecule has 0 bridgehead atoms. The molecular weight excluding hydrogens is 172 g/mol. The fraction of sp³-hybridized carbons (Fsp3) is 0.875. The zero-order valence-corrected chi connectivity index (χ0v) is 7.62. The van der Waals surface area contributed by atoms with Crippen molar-refractivity contribution in [2.24, 2.45) is 0 Å². The predicted octanol–water partition coefficient (Wildman–Crippen LogP) is -0.491. The minimum atomic E-state index is -0.719. The Morgan fingerprint density at radius 3 is 2.69 bits per heavy atom. The highest BCUT2D eigenvalue weighted by atomic mass is 16.5. The molecular formula is C8H14N2O3. The summed E-state index contributed by atoms with van der Waals surface area (Å²) in [6.07, 6.45) is 0.651. The Labute approximate surface area is 76.7 Å². The molecule has 2 heterocycles. The normalized spacial score (nSPS) is 32.3. The number of nitrogens with one attached hydrogen (secondary N) is 1. The van der Waals surface area contributed by atoms with Gasteiger partial charge in [0.05, 0.1) is 5.54 Å². The highest BCUT2D eigenvalue weighted by Crippen LogP contribution is 2.30. The van der Waals surface area contributed by atoms with Crippen LogP contribution in [-0.4, -0.2) is 48.1 Å². The van der Waals surface area contributed by atoms with Crippen molar-refractivity contribution < 1.29 is 14.6 Å². The maximum atomic E-state index is 11.3. The molecule has 5 heteroatoms. The van der Waals surface area contributed by atoms with Crippen LogP contribution in [0.4, 0.5) is 4.79 Å². The van der Waals surface area contributed by atoms with E-state index in [1.54, 1.807) is 7.05 Å². The van der Waals surface area contributed by atoms with E-state index in [-0.39, 0.29) is 6.03 Å². The van der Waals surface area contributed by atoms with Crippen LogP contribution in [-0.2, 0) is 4.74 Å². The molecule has 5 nitrogen and oxygen atoms in total. The third-order valence-electron chi connectivity index (χ3n) is 2.92. The fourth-order valence-electron chi connectivity index (χ4n) is 1.97. The Morgan fingerprint density at radius 1 is 1.62 bits per heavy atom. The maximum Gasteiger partial charge on any atom is 0.319 e. The van der Waals surface area contributed by atoms with Gasteiger partial charge >= 0.3 is 6.03 Å². The minimum Gasteiger partial charge on any atom is -0.381 e. The lowest BCUT2D eigenvalue weighted by atomic mass is 9.89. The molecule has 0 radical (unpaired) electrons. The van der Waals surface area contributed by atoms with Gasteiger partial charge in [-0.15, -0.1) is 0 Å². The quantitative estimate of drug-likeness (QED) is 0.536. The van der Waals surface area contributed by atoms with Gasteiger partial charge in [-0.2, -0.15) is 0 Å². The summed E-state index contributed by atoms with van der Waals surface area (Å²) in [4.78, 5) is 12.6. The molecule has 2 saturated heterocycles. The van der Waals surface area contributed by atoms with Gasteiger partial charge in [0.1, 0.15) is 0 Å². The number of ether oxygens (including phenoxy) is 1. The summed E-state index contributed by atoms with van der Waals surface area (Å²) >= 11 is 0. The molecule has 0 aromatic carbocycles. The Kier molecular flexibility index (Phi) is 1.92. The Bertz CT molecular complexity index is 225. The third kappa shape index (κ3) is 1.19. The van der Waals surface area contributed by atoms with Crippen LogP contribution in [0.15, 0.2) is 0 Å². The topological polar surface area (TPSA) is 61.8 Å². The lowest BCUT2D eigenvalue weighted by Gasteiger charge is -2.35. The number of aliphatic hydroxyl groups is 1. The number of carbonyl (C=O) groups excluding carboxylic acids is 1. The summed E-state index contributed by atoms with van der Waals surface area (Å²) in [5.41, 5.74) is -0.468. The molecule has 2 aliphatic rings. The van der Waals surface area contributed by atoms with Gasteiger partial charge < -0.3 is 15.2 Å². The van der Waals surface area contributed by atoms with Crippen LogP contribution in [0, 0.1) is 0 Å². The number of nitrogens with zero attached hydrogens (tertiary/aromatic N) is 1. The van der Waals surface area contributed by atoms with Crippen molar-refractivity contribution >= 4 is 6.03 Å². The second-order valence-corrected chi connectivity index (χ2v) is 3.68. The monoisotopic (exact) mass is 186 g/mol. The van der Waals surface area contributed by atoms with Gasteiger partial charge in [-0.25, -0.2) is 4.79 Å². The lowest BCUT2D eigenvalue weighted by molar-refractivity contribution is -0.0436. The SMILES string of the molecule is CN1C(=O)NC2(CCOCC2)C1O. The van der Waals surface area contributed by atoms with E-state index in [0.29, 0.717) is 26.1 Å². The van der Waals surface area contributed by atoms with E-state index in [1.807, 2.05) is 0 Å². The summed E-state index contributed by atoms with van der Waals surface area (Å²) in [6.45, 7) is 1.20. The molecule has 1 atom stereocenters. The lowest BCUT2D eigenvalue weighted by Crippen LogP contribution is -2.53. The van der Waals surface area contributed by atoms with Crippen LogP contribution in [0.5, 0.6) is 0 Å². The van der Waals surface area contributed by atoms with E-state index in [1.165, 1.54) is 4.90 Å². The Morgan fingerprint density at radius 2 is 2.23 bits per heavy atom. The molecule has 2 aliphatic heterocycles. The van der Waals surface area contributed by atoms with Gasteiger partial charge in [0.2, 0.25) is 0 Å². The summed E-state index contributed by atoms with van der Waals surface area (Å²) in [6, 6.07) is -0.200. The van der Waals surface area contributed by atoms with Gasteiger partial charge in [0.25, 0.3) is 0 Å². The molecule has 0 aromatic rings. The van der Waals surface area contributed by atoms with E-state index >= 15 is 0 Å². The van der Waals surface area contributed by atoms with Crippen LogP contribution in [0.1, 0.15) is 12.8 Å². The first-order valence-corrected chi connectivity index (χ1v) is 4.46. The zero-order valence-electron chi connectivity index (χ0n) is 7.62. The number of hydrogen-bond donors (Lipinski definition) is 2. The van der Waals surface area contributed by atoms with Crippen molar-refractivity contribution in [2.75, 3.05) is 20.3 Å². The van der Waals surface area contributed by atoms with Gasteiger partial charge in [-0.1, -0.05) is 0 Å². The molecule has 2 N–H and O–H groups in total. The fourth-order valence-corrected chi connectivity index (χ4v) is 1.97. The van der Waals surface area contributed by atoms with E-state index < -0.39 is 11.8 Å². The highest BCUT2D eigenvalue weighted by Gasteiger charge is 2.49. The molecule has 13 heavy (non-hydrogen) atoms. The van der Waals surface area contributed by atoms with Crippen LogP contribution in [0.25, 0.3) is 0 Å². The Balaban J connectivity index is 2.18. The number of hydrogen-bond acceptors (Lipinski definition) is 3. The standard InChI is InChI=1S/C8H14N2O3/c1-10-6(11)8(9-7(10)12)2-4-13-5-3-8/h6,11H,2-5H2,1H3,(H,9,12). The number of amides is 2. The van der Waals surface area contributed by atoms with Gasteiger partial charge in [0, 0.05) is 20.3 Å². The molecule has 2 rings (SSSR count). The number of urea groups is 1. The van der Waals surface area contributed by atoms with Crippen molar-refractivity contribution in [2.45, 2.75) is 24.6 Å². The van der Waals surface area contributed by atoms with Crippen LogP contribution in [0.2, 0.25) is 0 Å². The highest BCUT2D eigenvalue weighted by molar-refractivity contribution is 5.78.